The first-order valence-corrected chi connectivity index (χ1v) is 8.71. The van der Waals surface area contributed by atoms with Gasteiger partial charge in [-0.1, -0.05) is 37.8 Å². The summed E-state index contributed by atoms with van der Waals surface area (Å²) in [4.78, 5) is 28.4. The van der Waals surface area contributed by atoms with Gasteiger partial charge in [-0.15, -0.1) is 0 Å². The predicted molar refractivity (Wildman–Crippen MR) is 93.2 cm³/mol. The zero-order valence-corrected chi connectivity index (χ0v) is 14.1. The Morgan fingerprint density at radius 2 is 1.80 bits per heavy atom. The van der Waals surface area contributed by atoms with E-state index in [2.05, 4.69) is 10.3 Å². The third kappa shape index (κ3) is 3.73. The minimum absolute atomic E-state index is 0.331. The molecule has 6 heteroatoms. The molecule has 0 atom stereocenters. The number of aliphatic carboxylic acids is 1. The van der Waals surface area contributed by atoms with Crippen LogP contribution in [-0.4, -0.2) is 26.5 Å². The van der Waals surface area contributed by atoms with Crippen molar-refractivity contribution in [3.05, 3.63) is 48.5 Å². The van der Waals surface area contributed by atoms with Crippen molar-refractivity contribution in [2.75, 3.05) is 0 Å². The second kappa shape index (κ2) is 7.51. The number of carbonyl (C=O) groups is 2. The van der Waals surface area contributed by atoms with Crippen LogP contribution in [0.5, 0.6) is 0 Å². The summed E-state index contributed by atoms with van der Waals surface area (Å²) in [5, 5.41) is 12.5. The normalized spacial score (nSPS) is 16.8. The Labute approximate surface area is 146 Å². The summed E-state index contributed by atoms with van der Waals surface area (Å²) in [5.41, 5.74) is 0.650. The molecule has 1 aromatic heterocycles. The van der Waals surface area contributed by atoms with E-state index in [-0.39, 0.29) is 5.91 Å². The number of rotatable bonds is 5. The van der Waals surface area contributed by atoms with Gasteiger partial charge in [-0.05, 0) is 30.5 Å². The zero-order chi connectivity index (χ0) is 17.7. The number of hydrogen-bond donors (Lipinski definition) is 2. The van der Waals surface area contributed by atoms with Crippen LogP contribution in [0.2, 0.25) is 0 Å². The van der Waals surface area contributed by atoms with E-state index in [1.807, 2.05) is 35.0 Å². The van der Waals surface area contributed by atoms with E-state index < -0.39 is 11.4 Å². The highest BCUT2D eigenvalue weighted by molar-refractivity contribution is 6.01. The monoisotopic (exact) mass is 341 g/mol. The van der Waals surface area contributed by atoms with Crippen LogP contribution in [0.15, 0.2) is 43.0 Å². The van der Waals surface area contributed by atoms with Crippen molar-refractivity contribution in [2.45, 2.75) is 45.1 Å². The molecule has 0 unspecified atom stereocenters. The average molecular weight is 341 g/mol. The van der Waals surface area contributed by atoms with Gasteiger partial charge in [0.2, 0.25) is 5.91 Å². The Kier molecular flexibility index (Phi) is 5.16. The van der Waals surface area contributed by atoms with Crippen LogP contribution in [-0.2, 0) is 16.1 Å². The van der Waals surface area contributed by atoms with Crippen LogP contribution in [0.4, 0.5) is 0 Å². The molecule has 6 nitrogen and oxygen atoms in total. The molecule has 1 saturated carbocycles. The van der Waals surface area contributed by atoms with E-state index >= 15 is 0 Å². The predicted octanol–water partition coefficient (Wildman–Crippen LogP) is 2.91. The topological polar surface area (TPSA) is 84.2 Å². The fourth-order valence-electron chi connectivity index (χ4n) is 3.42. The standard InChI is InChI=1S/C19H23N3O3/c23-17(19(18(24)25)9-3-1-2-4-10-19)21-13-15-5-7-16(8-6-15)22-12-11-20-14-22/h5-8,11-12,14H,1-4,9-10,13H2,(H,21,23)(H,24,25). The Morgan fingerprint density at radius 1 is 1.12 bits per heavy atom. The van der Waals surface area contributed by atoms with Crippen LogP contribution in [0.3, 0.4) is 0 Å². The summed E-state index contributed by atoms with van der Waals surface area (Å²) >= 11 is 0. The Morgan fingerprint density at radius 3 is 2.36 bits per heavy atom. The van der Waals surface area contributed by atoms with E-state index in [9.17, 15) is 14.7 Å². The quantitative estimate of drug-likeness (QED) is 0.647. The first kappa shape index (κ1) is 17.2. The maximum Gasteiger partial charge on any atom is 0.319 e. The molecule has 0 spiro atoms. The van der Waals surface area contributed by atoms with E-state index in [0.717, 1.165) is 36.9 Å². The molecular weight excluding hydrogens is 318 g/mol. The maximum absolute atomic E-state index is 12.6. The molecule has 1 amide bonds. The van der Waals surface area contributed by atoms with Crippen molar-refractivity contribution in [3.8, 4) is 5.69 Å². The van der Waals surface area contributed by atoms with Crippen LogP contribution in [0, 0.1) is 5.41 Å². The second-order valence-corrected chi connectivity index (χ2v) is 6.62. The highest BCUT2D eigenvalue weighted by Gasteiger charge is 2.45. The van der Waals surface area contributed by atoms with Crippen LogP contribution >= 0.6 is 0 Å². The maximum atomic E-state index is 12.6. The molecule has 1 aliphatic rings. The summed E-state index contributed by atoms with van der Waals surface area (Å²) in [6, 6.07) is 7.75. The van der Waals surface area contributed by atoms with Crippen LogP contribution in [0.25, 0.3) is 5.69 Å². The number of carbonyl (C=O) groups excluding carboxylic acids is 1. The summed E-state index contributed by atoms with van der Waals surface area (Å²) in [6.45, 7) is 0.331. The SMILES string of the molecule is O=C(O)C1(C(=O)NCc2ccc(-n3ccnc3)cc2)CCCCCC1. The number of nitrogens with zero attached hydrogens (tertiary/aromatic N) is 2. The molecule has 2 N–H and O–H groups in total. The van der Waals surface area contributed by atoms with Crippen molar-refractivity contribution in [1.29, 1.82) is 0 Å². The molecule has 0 radical (unpaired) electrons. The van der Waals surface area contributed by atoms with Gasteiger partial charge in [0.15, 0.2) is 0 Å². The first-order chi connectivity index (χ1) is 12.1. The summed E-state index contributed by atoms with van der Waals surface area (Å²) in [7, 11) is 0. The lowest BCUT2D eigenvalue weighted by atomic mass is 9.79. The summed E-state index contributed by atoms with van der Waals surface area (Å²) in [5.74, 6) is -1.36. The smallest absolute Gasteiger partial charge is 0.319 e. The van der Waals surface area contributed by atoms with Gasteiger partial charge >= 0.3 is 5.97 Å². The fourth-order valence-corrected chi connectivity index (χ4v) is 3.42. The van der Waals surface area contributed by atoms with Crippen LogP contribution in [0.1, 0.15) is 44.1 Å². The first-order valence-electron chi connectivity index (χ1n) is 8.71. The molecule has 3 rings (SSSR count). The molecule has 0 aliphatic heterocycles. The van der Waals surface area contributed by atoms with Gasteiger partial charge in [0.25, 0.3) is 0 Å². The van der Waals surface area contributed by atoms with Gasteiger partial charge < -0.3 is 15.0 Å². The number of nitrogens with one attached hydrogen (secondary N) is 1. The van der Waals surface area contributed by atoms with E-state index in [0.29, 0.717) is 19.4 Å². The molecule has 1 fully saturated rings. The van der Waals surface area contributed by atoms with Gasteiger partial charge in [0.05, 0.1) is 6.33 Å². The minimum Gasteiger partial charge on any atom is -0.480 e. The zero-order valence-electron chi connectivity index (χ0n) is 14.1. The molecule has 0 bridgehead atoms. The molecule has 1 heterocycles. The highest BCUT2D eigenvalue weighted by Crippen LogP contribution is 2.35. The fraction of sp³-hybridized carbons (Fsp3) is 0.421. The molecule has 0 saturated heterocycles. The van der Waals surface area contributed by atoms with Gasteiger partial charge in [-0.3, -0.25) is 9.59 Å². The van der Waals surface area contributed by atoms with Gasteiger partial charge in [0.1, 0.15) is 5.41 Å². The number of amides is 1. The molecule has 1 aromatic carbocycles. The number of benzene rings is 1. The number of carboxylic acids is 1. The molecule has 132 valence electrons. The lowest BCUT2D eigenvalue weighted by Crippen LogP contribution is -2.46. The van der Waals surface area contributed by atoms with Gasteiger partial charge in [-0.25, -0.2) is 4.98 Å². The lowest BCUT2D eigenvalue weighted by Gasteiger charge is -2.26. The molecule has 2 aromatic rings. The van der Waals surface area contributed by atoms with Gasteiger partial charge in [0, 0.05) is 24.6 Å². The molecule has 1 aliphatic carbocycles. The number of hydrogen-bond acceptors (Lipinski definition) is 3. The van der Waals surface area contributed by atoms with E-state index in [1.165, 1.54) is 0 Å². The average Bonchev–Trinajstić information content (AvgIpc) is 3.04. The Hall–Kier alpha value is -2.63. The van der Waals surface area contributed by atoms with Crippen molar-refractivity contribution >= 4 is 11.9 Å². The number of aromatic nitrogens is 2. The van der Waals surface area contributed by atoms with Gasteiger partial charge in [-0.2, -0.15) is 0 Å². The number of carboxylic acid groups (broad SMARTS) is 1. The van der Waals surface area contributed by atoms with Crippen molar-refractivity contribution in [2.24, 2.45) is 5.41 Å². The lowest BCUT2D eigenvalue weighted by molar-refractivity contribution is -0.157. The Balaban J connectivity index is 1.65. The van der Waals surface area contributed by atoms with Crippen LogP contribution < -0.4 is 5.32 Å². The number of imidazole rings is 1. The van der Waals surface area contributed by atoms with E-state index in [4.69, 9.17) is 0 Å². The van der Waals surface area contributed by atoms with E-state index in [1.54, 1.807) is 12.5 Å². The third-order valence-electron chi connectivity index (χ3n) is 4.99. The molecule has 25 heavy (non-hydrogen) atoms. The molecular formula is C19H23N3O3. The van der Waals surface area contributed by atoms with Crippen molar-refractivity contribution in [1.82, 2.24) is 14.9 Å². The minimum atomic E-state index is -1.27. The van der Waals surface area contributed by atoms with Crippen molar-refractivity contribution < 1.29 is 14.7 Å². The largest absolute Gasteiger partial charge is 0.480 e. The highest BCUT2D eigenvalue weighted by atomic mass is 16.4. The second-order valence-electron chi connectivity index (χ2n) is 6.62. The Bertz CT molecular complexity index is 715. The summed E-state index contributed by atoms with van der Waals surface area (Å²) in [6.07, 6.45) is 9.72. The third-order valence-corrected chi connectivity index (χ3v) is 4.99. The summed E-state index contributed by atoms with van der Waals surface area (Å²) < 4.78 is 1.90. The van der Waals surface area contributed by atoms with Crippen molar-refractivity contribution in [3.63, 3.8) is 0 Å².